The van der Waals surface area contributed by atoms with Gasteiger partial charge in [0.25, 0.3) is 5.91 Å². The summed E-state index contributed by atoms with van der Waals surface area (Å²) < 4.78 is 0. The second-order valence-corrected chi connectivity index (χ2v) is 6.52. The van der Waals surface area contributed by atoms with E-state index in [1.165, 1.54) is 11.3 Å². The van der Waals surface area contributed by atoms with Crippen molar-refractivity contribution in [3.8, 4) is 0 Å². The fourth-order valence-electron chi connectivity index (χ4n) is 3.62. The number of aromatic nitrogens is 2. The number of hydrogen-bond donors (Lipinski definition) is 2. The van der Waals surface area contributed by atoms with Crippen LogP contribution in [0.4, 0.5) is 5.69 Å². The van der Waals surface area contributed by atoms with Crippen LogP contribution in [0.3, 0.4) is 0 Å². The van der Waals surface area contributed by atoms with Crippen molar-refractivity contribution in [2.75, 3.05) is 37.6 Å². The van der Waals surface area contributed by atoms with E-state index >= 15 is 0 Å². The lowest BCUT2D eigenvalue weighted by Gasteiger charge is -2.36. The maximum absolute atomic E-state index is 12.8. The topological polar surface area (TPSA) is 64.3 Å². The normalized spacial score (nSPS) is 16.3. The highest BCUT2D eigenvalue weighted by Gasteiger charge is 2.28. The lowest BCUT2D eigenvalue weighted by atomic mass is 10.1. The first kappa shape index (κ1) is 20.6. The Balaban J connectivity index is 0.00000121. The van der Waals surface area contributed by atoms with Gasteiger partial charge >= 0.3 is 0 Å². The maximum Gasteiger partial charge on any atom is 0.274 e. The Labute approximate surface area is 166 Å². The van der Waals surface area contributed by atoms with Crippen LogP contribution in [0.1, 0.15) is 27.3 Å². The molecule has 2 aliphatic rings. The second-order valence-electron chi connectivity index (χ2n) is 6.52. The molecule has 0 spiro atoms. The Morgan fingerprint density at radius 1 is 1.12 bits per heavy atom. The van der Waals surface area contributed by atoms with Gasteiger partial charge in [0, 0.05) is 62.6 Å². The standard InChI is InChI=1S/C18H23N5O.2ClH/c1-13-4-2-3-5-16(13)22-8-10-23(11-9-22)18(24)17-14-12-19-7-6-15(14)20-21-17;;/h2-5,19H,6-12H2,1H3,(H,20,21);2*1H. The molecular formula is C18H25Cl2N5O. The van der Waals surface area contributed by atoms with E-state index in [0.717, 1.165) is 56.9 Å². The number of benzene rings is 1. The van der Waals surface area contributed by atoms with Crippen molar-refractivity contribution < 1.29 is 4.79 Å². The SMILES string of the molecule is Cc1ccccc1N1CCN(C(=O)c2n[nH]c3c2CNCC3)CC1.Cl.Cl. The first-order chi connectivity index (χ1) is 11.7. The smallest absolute Gasteiger partial charge is 0.274 e. The van der Waals surface area contributed by atoms with Crippen molar-refractivity contribution in [1.82, 2.24) is 20.4 Å². The van der Waals surface area contributed by atoms with Gasteiger partial charge in [-0.1, -0.05) is 18.2 Å². The average molecular weight is 398 g/mol. The Bertz CT molecular complexity index is 756. The third-order valence-electron chi connectivity index (χ3n) is 5.03. The van der Waals surface area contributed by atoms with Crippen LogP contribution in [-0.2, 0) is 13.0 Å². The molecule has 142 valence electrons. The highest BCUT2D eigenvalue weighted by atomic mass is 35.5. The Kier molecular flexibility index (Phi) is 6.92. The van der Waals surface area contributed by atoms with Gasteiger partial charge in [-0.05, 0) is 18.6 Å². The minimum Gasteiger partial charge on any atom is -0.368 e. The number of anilines is 1. The first-order valence-corrected chi connectivity index (χ1v) is 8.61. The number of para-hydroxylation sites is 1. The van der Waals surface area contributed by atoms with Gasteiger partial charge in [-0.25, -0.2) is 0 Å². The molecule has 0 radical (unpaired) electrons. The number of fused-ring (bicyclic) bond motifs is 1. The van der Waals surface area contributed by atoms with E-state index in [1.54, 1.807) is 0 Å². The number of nitrogens with zero attached hydrogens (tertiary/aromatic N) is 3. The van der Waals surface area contributed by atoms with Crippen LogP contribution in [0.25, 0.3) is 0 Å². The molecule has 1 fully saturated rings. The number of aryl methyl sites for hydroxylation is 1. The first-order valence-electron chi connectivity index (χ1n) is 8.61. The van der Waals surface area contributed by atoms with Crippen LogP contribution in [0, 0.1) is 6.92 Å². The number of nitrogens with one attached hydrogen (secondary N) is 2. The minimum absolute atomic E-state index is 0. The van der Waals surface area contributed by atoms with Gasteiger partial charge in [0.05, 0.1) is 0 Å². The molecular weight excluding hydrogens is 373 g/mol. The molecule has 1 aromatic heterocycles. The number of halogens is 2. The van der Waals surface area contributed by atoms with Crippen molar-refractivity contribution >= 4 is 36.4 Å². The fourth-order valence-corrected chi connectivity index (χ4v) is 3.62. The van der Waals surface area contributed by atoms with Crippen LogP contribution < -0.4 is 10.2 Å². The van der Waals surface area contributed by atoms with Crippen molar-refractivity contribution in [3.05, 3.63) is 46.8 Å². The van der Waals surface area contributed by atoms with E-state index in [2.05, 4.69) is 51.6 Å². The van der Waals surface area contributed by atoms with Crippen LogP contribution >= 0.6 is 24.8 Å². The molecule has 0 saturated carbocycles. The summed E-state index contributed by atoms with van der Waals surface area (Å²) in [7, 11) is 0. The predicted molar refractivity (Wildman–Crippen MR) is 108 cm³/mol. The summed E-state index contributed by atoms with van der Waals surface area (Å²) in [6, 6.07) is 8.43. The largest absolute Gasteiger partial charge is 0.368 e. The summed E-state index contributed by atoms with van der Waals surface area (Å²) in [6.45, 7) is 7.01. The summed E-state index contributed by atoms with van der Waals surface area (Å²) in [6.07, 6.45) is 0.913. The molecule has 1 amide bonds. The van der Waals surface area contributed by atoms with Crippen molar-refractivity contribution in [3.63, 3.8) is 0 Å². The molecule has 1 aromatic carbocycles. The zero-order chi connectivity index (χ0) is 16.5. The van der Waals surface area contributed by atoms with Gasteiger partial charge < -0.3 is 15.1 Å². The highest BCUT2D eigenvalue weighted by molar-refractivity contribution is 5.94. The van der Waals surface area contributed by atoms with Crippen LogP contribution in [0.5, 0.6) is 0 Å². The van der Waals surface area contributed by atoms with Gasteiger partial charge in [0.15, 0.2) is 5.69 Å². The summed E-state index contributed by atoms with van der Waals surface area (Å²) in [5.41, 5.74) is 5.31. The number of piperazine rings is 1. The Hall–Kier alpha value is -1.76. The van der Waals surface area contributed by atoms with Crippen molar-refractivity contribution in [2.24, 2.45) is 0 Å². The number of rotatable bonds is 2. The van der Waals surface area contributed by atoms with Gasteiger partial charge in [0.1, 0.15) is 0 Å². The third-order valence-corrected chi connectivity index (χ3v) is 5.03. The summed E-state index contributed by atoms with van der Waals surface area (Å²) >= 11 is 0. The van der Waals surface area contributed by atoms with E-state index in [9.17, 15) is 4.79 Å². The number of hydrogen-bond acceptors (Lipinski definition) is 4. The number of carbonyl (C=O) groups is 1. The molecule has 2 aliphatic heterocycles. The molecule has 8 heteroatoms. The summed E-state index contributed by atoms with van der Waals surface area (Å²) in [5, 5.41) is 10.7. The highest BCUT2D eigenvalue weighted by Crippen LogP contribution is 2.22. The Morgan fingerprint density at radius 2 is 1.85 bits per heavy atom. The quantitative estimate of drug-likeness (QED) is 0.814. The zero-order valence-corrected chi connectivity index (χ0v) is 16.5. The molecule has 2 N–H and O–H groups in total. The van der Waals surface area contributed by atoms with Crippen LogP contribution in [0.2, 0.25) is 0 Å². The molecule has 0 atom stereocenters. The molecule has 26 heavy (non-hydrogen) atoms. The minimum atomic E-state index is 0. The Morgan fingerprint density at radius 3 is 2.58 bits per heavy atom. The molecule has 2 aromatic rings. The second kappa shape index (κ2) is 8.75. The van der Waals surface area contributed by atoms with Crippen LogP contribution in [-0.4, -0.2) is 53.7 Å². The van der Waals surface area contributed by atoms with Gasteiger partial charge in [-0.15, -0.1) is 24.8 Å². The van der Waals surface area contributed by atoms with E-state index in [-0.39, 0.29) is 30.7 Å². The predicted octanol–water partition coefficient (Wildman–Crippen LogP) is 2.17. The molecule has 0 aliphatic carbocycles. The van der Waals surface area contributed by atoms with Crippen molar-refractivity contribution in [1.29, 1.82) is 0 Å². The monoisotopic (exact) mass is 397 g/mol. The number of carbonyl (C=O) groups excluding carboxylic acids is 1. The van der Waals surface area contributed by atoms with Gasteiger partial charge in [-0.3, -0.25) is 9.89 Å². The number of aromatic amines is 1. The maximum atomic E-state index is 12.8. The van der Waals surface area contributed by atoms with E-state index < -0.39 is 0 Å². The van der Waals surface area contributed by atoms with Crippen LogP contribution in [0.15, 0.2) is 24.3 Å². The average Bonchev–Trinajstić information content (AvgIpc) is 3.06. The van der Waals surface area contributed by atoms with E-state index in [1.807, 2.05) is 4.90 Å². The van der Waals surface area contributed by atoms with E-state index in [0.29, 0.717) is 5.69 Å². The zero-order valence-electron chi connectivity index (χ0n) is 14.8. The lowest BCUT2D eigenvalue weighted by molar-refractivity contribution is 0.0739. The van der Waals surface area contributed by atoms with Crippen molar-refractivity contribution in [2.45, 2.75) is 19.9 Å². The molecule has 6 nitrogen and oxygen atoms in total. The molecule has 3 heterocycles. The summed E-state index contributed by atoms with van der Waals surface area (Å²) in [5.74, 6) is 0.0561. The third kappa shape index (κ3) is 3.82. The summed E-state index contributed by atoms with van der Waals surface area (Å²) in [4.78, 5) is 17.1. The number of amides is 1. The molecule has 4 rings (SSSR count). The number of H-pyrrole nitrogens is 1. The lowest BCUT2D eigenvalue weighted by Crippen LogP contribution is -2.49. The fraction of sp³-hybridized carbons (Fsp3) is 0.444. The van der Waals surface area contributed by atoms with Gasteiger partial charge in [-0.2, -0.15) is 5.10 Å². The van der Waals surface area contributed by atoms with Gasteiger partial charge in [0.2, 0.25) is 0 Å². The molecule has 1 saturated heterocycles. The van der Waals surface area contributed by atoms with E-state index in [4.69, 9.17) is 0 Å². The molecule has 0 unspecified atom stereocenters. The molecule has 0 bridgehead atoms.